The van der Waals surface area contributed by atoms with E-state index in [0.717, 1.165) is 32.5 Å². The number of benzene rings is 1. The first-order valence-electron chi connectivity index (χ1n) is 9.23. The molecule has 2 saturated heterocycles. The number of ether oxygens (including phenoxy) is 1. The Balaban J connectivity index is 1.52. The largest absolute Gasteiger partial charge is 0.378 e. The minimum Gasteiger partial charge on any atom is -0.378 e. The maximum absolute atomic E-state index is 13.2. The van der Waals surface area contributed by atoms with Crippen molar-refractivity contribution in [2.45, 2.75) is 31.8 Å². The van der Waals surface area contributed by atoms with Crippen molar-refractivity contribution in [2.24, 2.45) is 0 Å². The Morgan fingerprint density at radius 1 is 1.31 bits per heavy atom. The molecular weight excluding hydrogens is 332 g/mol. The summed E-state index contributed by atoms with van der Waals surface area (Å²) in [5.41, 5.74) is 1.32. The van der Waals surface area contributed by atoms with Crippen molar-refractivity contribution < 1.29 is 9.53 Å². The zero-order valence-corrected chi connectivity index (χ0v) is 15.0. The fourth-order valence-electron chi connectivity index (χ4n) is 4.01. The van der Waals surface area contributed by atoms with Crippen LogP contribution in [0.4, 0.5) is 0 Å². The van der Waals surface area contributed by atoms with Gasteiger partial charge >= 0.3 is 0 Å². The number of carbonyl (C=O) groups excluding carboxylic acids is 1. The molecule has 2 aromatic rings. The van der Waals surface area contributed by atoms with Crippen molar-refractivity contribution in [1.29, 1.82) is 0 Å². The van der Waals surface area contributed by atoms with Crippen LogP contribution in [0.5, 0.6) is 0 Å². The first-order valence-corrected chi connectivity index (χ1v) is 9.23. The second-order valence-corrected chi connectivity index (χ2v) is 6.90. The van der Waals surface area contributed by atoms with Gasteiger partial charge in [-0.2, -0.15) is 5.21 Å². The Morgan fingerprint density at radius 2 is 2.19 bits per heavy atom. The number of nitrogens with zero attached hydrogens (tertiary/aromatic N) is 5. The van der Waals surface area contributed by atoms with Gasteiger partial charge in [0.1, 0.15) is 0 Å². The molecule has 0 radical (unpaired) electrons. The van der Waals surface area contributed by atoms with E-state index in [-0.39, 0.29) is 11.9 Å². The van der Waals surface area contributed by atoms with Gasteiger partial charge in [0, 0.05) is 31.2 Å². The number of morpholine rings is 1. The Kier molecular flexibility index (Phi) is 4.94. The number of piperazine rings is 1. The topological polar surface area (TPSA) is 87.2 Å². The molecule has 1 aromatic heterocycles. The standard InChI is InChI=1S/C18H24N6O2/c1-2-5-13-11-26-12-14-10-23(8-9-24(13)14)18(25)16-7-4-3-6-15(16)17-19-21-22-20-17/h3-4,6-7,13-14H,2,5,8-12H2,1H3,(H,19,20,21,22)/t13-,14+/m0/s1. The van der Waals surface area contributed by atoms with E-state index in [1.165, 1.54) is 0 Å². The third-order valence-corrected chi connectivity index (χ3v) is 5.27. The lowest BCUT2D eigenvalue weighted by Crippen LogP contribution is -2.62. The van der Waals surface area contributed by atoms with Gasteiger partial charge in [-0.1, -0.05) is 31.5 Å². The SMILES string of the molecule is CCC[C@H]1COC[C@H]2CN(C(=O)c3ccccc3-c3nn[nH]n3)CCN12. The Bertz CT molecular complexity index is 748. The molecule has 8 heteroatoms. The predicted octanol–water partition coefficient (Wildman–Crippen LogP) is 1.19. The van der Waals surface area contributed by atoms with Crippen LogP contribution in [0.15, 0.2) is 24.3 Å². The molecule has 2 fully saturated rings. The summed E-state index contributed by atoms with van der Waals surface area (Å²) in [5.74, 6) is 0.458. The summed E-state index contributed by atoms with van der Waals surface area (Å²) in [6.07, 6.45) is 2.29. The van der Waals surface area contributed by atoms with Crippen molar-refractivity contribution in [3.63, 3.8) is 0 Å². The van der Waals surface area contributed by atoms with Gasteiger partial charge in [-0.25, -0.2) is 0 Å². The molecule has 4 rings (SSSR count). The zero-order chi connectivity index (χ0) is 17.9. The van der Waals surface area contributed by atoms with E-state index in [2.05, 4.69) is 32.4 Å². The molecule has 3 heterocycles. The summed E-state index contributed by atoms with van der Waals surface area (Å²) in [7, 11) is 0. The lowest BCUT2D eigenvalue weighted by molar-refractivity contribution is -0.0776. The van der Waals surface area contributed by atoms with Gasteiger partial charge < -0.3 is 9.64 Å². The first kappa shape index (κ1) is 17.1. The third kappa shape index (κ3) is 3.22. The molecule has 0 spiro atoms. The highest BCUT2D eigenvalue weighted by Crippen LogP contribution is 2.25. The van der Waals surface area contributed by atoms with Gasteiger partial charge in [-0.15, -0.1) is 10.2 Å². The van der Waals surface area contributed by atoms with Crippen LogP contribution in [0, 0.1) is 0 Å². The maximum Gasteiger partial charge on any atom is 0.254 e. The lowest BCUT2D eigenvalue weighted by atomic mass is 10.0. The van der Waals surface area contributed by atoms with Gasteiger partial charge in [0.25, 0.3) is 5.91 Å². The number of nitrogens with one attached hydrogen (secondary N) is 1. The van der Waals surface area contributed by atoms with Crippen molar-refractivity contribution in [2.75, 3.05) is 32.8 Å². The molecule has 8 nitrogen and oxygen atoms in total. The molecule has 1 N–H and O–H groups in total. The van der Waals surface area contributed by atoms with Crippen LogP contribution < -0.4 is 0 Å². The summed E-state index contributed by atoms with van der Waals surface area (Å²) in [4.78, 5) is 17.6. The summed E-state index contributed by atoms with van der Waals surface area (Å²) in [6.45, 7) is 6.03. The van der Waals surface area contributed by atoms with Crippen molar-refractivity contribution in [3.8, 4) is 11.4 Å². The zero-order valence-electron chi connectivity index (χ0n) is 15.0. The molecular formula is C18H24N6O2. The number of amides is 1. The number of rotatable bonds is 4. The quantitative estimate of drug-likeness (QED) is 0.885. The van der Waals surface area contributed by atoms with Gasteiger partial charge in [-0.05, 0) is 17.7 Å². The first-order chi connectivity index (χ1) is 12.8. The van der Waals surface area contributed by atoms with Crippen molar-refractivity contribution in [3.05, 3.63) is 29.8 Å². The van der Waals surface area contributed by atoms with E-state index in [1.54, 1.807) is 0 Å². The van der Waals surface area contributed by atoms with Gasteiger partial charge in [0.05, 0.1) is 24.8 Å². The molecule has 0 bridgehead atoms. The molecule has 1 amide bonds. The van der Waals surface area contributed by atoms with E-state index < -0.39 is 0 Å². The molecule has 138 valence electrons. The molecule has 2 atom stereocenters. The fraction of sp³-hybridized carbons (Fsp3) is 0.556. The highest BCUT2D eigenvalue weighted by Gasteiger charge is 2.37. The number of tetrazole rings is 1. The second-order valence-electron chi connectivity index (χ2n) is 6.90. The lowest BCUT2D eigenvalue weighted by Gasteiger charge is -2.48. The molecule has 2 aliphatic heterocycles. The summed E-state index contributed by atoms with van der Waals surface area (Å²) in [6, 6.07) is 8.18. The smallest absolute Gasteiger partial charge is 0.254 e. The van der Waals surface area contributed by atoms with Crippen LogP contribution in [-0.2, 0) is 4.74 Å². The second kappa shape index (κ2) is 7.51. The monoisotopic (exact) mass is 356 g/mol. The minimum absolute atomic E-state index is 0.0164. The number of hydrogen-bond donors (Lipinski definition) is 1. The molecule has 0 saturated carbocycles. The van der Waals surface area contributed by atoms with Gasteiger partial charge in [0.2, 0.25) is 5.82 Å². The Hall–Kier alpha value is -2.32. The number of H-pyrrole nitrogens is 1. The Morgan fingerprint density at radius 3 is 3.00 bits per heavy atom. The van der Waals surface area contributed by atoms with Crippen LogP contribution in [-0.4, -0.2) is 81.3 Å². The van der Waals surface area contributed by atoms with Crippen LogP contribution in [0.25, 0.3) is 11.4 Å². The average Bonchev–Trinajstić information content (AvgIpc) is 3.22. The maximum atomic E-state index is 13.2. The number of aromatic nitrogens is 4. The van der Waals surface area contributed by atoms with Crippen LogP contribution in [0.1, 0.15) is 30.1 Å². The highest BCUT2D eigenvalue weighted by molar-refractivity contribution is 6.00. The van der Waals surface area contributed by atoms with Crippen LogP contribution in [0.3, 0.4) is 0 Å². The van der Waals surface area contributed by atoms with E-state index >= 15 is 0 Å². The summed E-state index contributed by atoms with van der Waals surface area (Å²) < 4.78 is 5.81. The molecule has 0 unspecified atom stereocenters. The van der Waals surface area contributed by atoms with E-state index in [4.69, 9.17) is 4.74 Å². The third-order valence-electron chi connectivity index (χ3n) is 5.27. The molecule has 26 heavy (non-hydrogen) atoms. The molecule has 0 aliphatic carbocycles. The number of hydrogen-bond acceptors (Lipinski definition) is 6. The van der Waals surface area contributed by atoms with Crippen LogP contribution >= 0.6 is 0 Å². The van der Waals surface area contributed by atoms with E-state index in [0.29, 0.717) is 36.1 Å². The minimum atomic E-state index is 0.0164. The van der Waals surface area contributed by atoms with E-state index in [1.807, 2.05) is 29.2 Å². The number of carbonyl (C=O) groups is 1. The summed E-state index contributed by atoms with van der Waals surface area (Å²) >= 11 is 0. The average molecular weight is 356 g/mol. The fourth-order valence-corrected chi connectivity index (χ4v) is 4.01. The van der Waals surface area contributed by atoms with Crippen LogP contribution in [0.2, 0.25) is 0 Å². The number of aromatic amines is 1. The van der Waals surface area contributed by atoms with Crippen molar-refractivity contribution >= 4 is 5.91 Å². The van der Waals surface area contributed by atoms with Gasteiger partial charge in [-0.3, -0.25) is 9.69 Å². The highest BCUT2D eigenvalue weighted by atomic mass is 16.5. The Labute approximate surface area is 152 Å². The normalized spacial score (nSPS) is 23.7. The summed E-state index contributed by atoms with van der Waals surface area (Å²) in [5, 5.41) is 14.1. The molecule has 1 aromatic carbocycles. The van der Waals surface area contributed by atoms with Gasteiger partial charge in [0.15, 0.2) is 0 Å². The van der Waals surface area contributed by atoms with E-state index in [9.17, 15) is 4.79 Å². The number of fused-ring (bicyclic) bond motifs is 1. The predicted molar refractivity (Wildman–Crippen MR) is 95.5 cm³/mol. The molecule has 2 aliphatic rings. The van der Waals surface area contributed by atoms with Crippen molar-refractivity contribution in [1.82, 2.24) is 30.4 Å².